The molecule has 2 aromatic heterocycles. The molecule has 8 heteroatoms. The molecule has 1 atom stereocenters. The second-order valence-corrected chi connectivity index (χ2v) is 9.44. The fourth-order valence-electron chi connectivity index (χ4n) is 4.52. The maximum absolute atomic E-state index is 6.44. The molecule has 5 nitrogen and oxygen atoms in total. The quantitative estimate of drug-likeness (QED) is 0.406. The Morgan fingerprint density at radius 1 is 1.09 bits per heavy atom. The van der Waals surface area contributed by atoms with E-state index in [0.29, 0.717) is 22.1 Å². The zero-order valence-electron chi connectivity index (χ0n) is 18.2. The maximum Gasteiger partial charge on any atom is 0.150 e. The van der Waals surface area contributed by atoms with E-state index >= 15 is 0 Å². The van der Waals surface area contributed by atoms with Crippen LogP contribution in [0, 0.1) is 5.92 Å². The topological polar surface area (TPSA) is 45.5 Å². The number of likely N-dealkylation sites (tertiary alicyclic amines) is 1. The molecule has 2 aromatic carbocycles. The Balaban J connectivity index is 1.33. The van der Waals surface area contributed by atoms with Crippen molar-refractivity contribution in [1.82, 2.24) is 19.5 Å². The number of benzene rings is 2. The Hall–Kier alpha value is -2.54. The summed E-state index contributed by atoms with van der Waals surface area (Å²) < 4.78 is 1.77. The Morgan fingerprint density at radius 2 is 1.97 bits per heavy atom. The van der Waals surface area contributed by atoms with Gasteiger partial charge in [0.1, 0.15) is 13.7 Å². The molecule has 1 fully saturated rings. The van der Waals surface area contributed by atoms with E-state index in [1.165, 1.54) is 18.4 Å². The van der Waals surface area contributed by atoms with Gasteiger partial charge in [0, 0.05) is 47.5 Å². The maximum atomic E-state index is 6.44. The minimum atomic E-state index is 0.526. The van der Waals surface area contributed by atoms with Crippen LogP contribution in [0.4, 0.5) is 5.82 Å². The average Bonchev–Trinajstić information content (AvgIpc) is 3.19. The molecule has 0 amide bonds. The zero-order valence-corrected chi connectivity index (χ0v) is 19.7. The van der Waals surface area contributed by atoms with E-state index in [0.717, 1.165) is 48.3 Å². The number of nitrogens with zero attached hydrogens (tertiary/aromatic N) is 4. The lowest BCUT2D eigenvalue weighted by Crippen LogP contribution is -2.37. The van der Waals surface area contributed by atoms with Gasteiger partial charge in [-0.05, 0) is 54.5 Å². The van der Waals surface area contributed by atoms with Gasteiger partial charge in [-0.2, -0.15) is 9.61 Å². The summed E-state index contributed by atoms with van der Waals surface area (Å²) in [5.74, 6) is 1.39. The smallest absolute Gasteiger partial charge is 0.150 e. The molecular weight excluding hydrogens is 452 g/mol. The molecule has 0 saturated carbocycles. The highest BCUT2D eigenvalue weighted by atomic mass is 35.5. The van der Waals surface area contributed by atoms with Crippen molar-refractivity contribution in [3.8, 4) is 11.3 Å². The molecule has 0 spiro atoms. The van der Waals surface area contributed by atoms with Gasteiger partial charge in [0.05, 0.1) is 5.69 Å². The molecule has 0 bridgehead atoms. The standard InChI is InChI=1S/C25H24BCl2N5/c26-21-14-30-33-24(12-23(31-25(21)33)20-8-1-2-9-22(20)28)29-13-18-6-4-10-32(16-18)15-17-5-3-7-19(27)11-17/h1-3,5,7-9,11-12,14,18,29H,4,6,10,13,15-16H2. The van der Waals surface area contributed by atoms with E-state index < -0.39 is 0 Å². The molecule has 2 radical (unpaired) electrons. The van der Waals surface area contributed by atoms with Crippen molar-refractivity contribution in [2.75, 3.05) is 25.0 Å². The van der Waals surface area contributed by atoms with Crippen LogP contribution >= 0.6 is 23.2 Å². The van der Waals surface area contributed by atoms with Crippen LogP contribution < -0.4 is 10.8 Å². The van der Waals surface area contributed by atoms with Crippen molar-refractivity contribution < 1.29 is 0 Å². The van der Waals surface area contributed by atoms with Gasteiger partial charge in [0.25, 0.3) is 0 Å². The number of fused-ring (bicyclic) bond motifs is 1. The summed E-state index contributed by atoms with van der Waals surface area (Å²) in [5, 5.41) is 9.48. The van der Waals surface area contributed by atoms with Crippen LogP contribution in [0.3, 0.4) is 0 Å². The highest BCUT2D eigenvalue weighted by Crippen LogP contribution is 2.28. The third-order valence-electron chi connectivity index (χ3n) is 6.12. The van der Waals surface area contributed by atoms with Gasteiger partial charge in [0.2, 0.25) is 0 Å². The van der Waals surface area contributed by atoms with Crippen molar-refractivity contribution in [2.24, 2.45) is 5.92 Å². The number of piperidine rings is 1. The Morgan fingerprint density at radius 3 is 2.82 bits per heavy atom. The van der Waals surface area contributed by atoms with E-state index in [1.54, 1.807) is 10.7 Å². The van der Waals surface area contributed by atoms with Crippen molar-refractivity contribution in [1.29, 1.82) is 0 Å². The molecule has 1 aliphatic heterocycles. The Bertz CT molecular complexity index is 1270. The number of aromatic nitrogens is 3. The van der Waals surface area contributed by atoms with Crippen molar-refractivity contribution in [3.05, 3.63) is 76.4 Å². The summed E-state index contributed by atoms with van der Waals surface area (Å²) in [4.78, 5) is 7.22. The predicted molar refractivity (Wildman–Crippen MR) is 137 cm³/mol. The van der Waals surface area contributed by atoms with E-state index in [4.69, 9.17) is 36.0 Å². The fraction of sp³-hybridized carbons (Fsp3) is 0.280. The molecule has 166 valence electrons. The van der Waals surface area contributed by atoms with Crippen molar-refractivity contribution in [3.63, 3.8) is 0 Å². The van der Waals surface area contributed by atoms with Crippen LogP contribution in [0.2, 0.25) is 10.0 Å². The molecule has 1 N–H and O–H groups in total. The first-order chi connectivity index (χ1) is 16.1. The zero-order chi connectivity index (χ0) is 22.8. The van der Waals surface area contributed by atoms with E-state index in [9.17, 15) is 0 Å². The molecule has 0 aliphatic carbocycles. The number of rotatable bonds is 6. The molecule has 33 heavy (non-hydrogen) atoms. The summed E-state index contributed by atoms with van der Waals surface area (Å²) >= 11 is 12.6. The first-order valence-electron chi connectivity index (χ1n) is 11.2. The fourth-order valence-corrected chi connectivity index (χ4v) is 4.96. The first-order valence-corrected chi connectivity index (χ1v) is 11.9. The third-order valence-corrected chi connectivity index (χ3v) is 6.68. The normalized spacial score (nSPS) is 16.8. The largest absolute Gasteiger partial charge is 0.370 e. The molecule has 5 rings (SSSR count). The van der Waals surface area contributed by atoms with Gasteiger partial charge in [-0.1, -0.05) is 53.5 Å². The summed E-state index contributed by atoms with van der Waals surface area (Å²) in [5.41, 5.74) is 4.06. The second kappa shape index (κ2) is 9.76. The van der Waals surface area contributed by atoms with Gasteiger partial charge in [-0.3, -0.25) is 4.90 Å². The molecule has 1 saturated heterocycles. The molecule has 1 aliphatic rings. The highest BCUT2D eigenvalue weighted by molar-refractivity contribution is 6.36. The van der Waals surface area contributed by atoms with Gasteiger partial charge in [0.15, 0.2) is 5.65 Å². The average molecular weight is 476 g/mol. The summed E-state index contributed by atoms with van der Waals surface area (Å²) in [7, 11) is 6.15. The van der Waals surface area contributed by atoms with Crippen LogP contribution in [0.15, 0.2) is 60.8 Å². The minimum Gasteiger partial charge on any atom is -0.370 e. The van der Waals surface area contributed by atoms with Gasteiger partial charge >= 0.3 is 0 Å². The van der Waals surface area contributed by atoms with Crippen LogP contribution in [0.25, 0.3) is 16.9 Å². The van der Waals surface area contributed by atoms with Crippen LogP contribution in [0.1, 0.15) is 18.4 Å². The summed E-state index contributed by atoms with van der Waals surface area (Å²) in [6.07, 6.45) is 4.00. The second-order valence-electron chi connectivity index (χ2n) is 8.60. The molecule has 3 heterocycles. The lowest BCUT2D eigenvalue weighted by Gasteiger charge is -2.33. The van der Waals surface area contributed by atoms with Gasteiger partial charge in [-0.15, -0.1) is 0 Å². The highest BCUT2D eigenvalue weighted by Gasteiger charge is 2.21. The first kappa shape index (κ1) is 22.3. The van der Waals surface area contributed by atoms with Crippen LogP contribution in [0.5, 0.6) is 0 Å². The van der Waals surface area contributed by atoms with E-state index in [2.05, 4.69) is 27.4 Å². The molecule has 1 unspecified atom stereocenters. The number of hydrogen-bond acceptors (Lipinski definition) is 4. The van der Waals surface area contributed by atoms with Crippen molar-refractivity contribution >= 4 is 48.0 Å². The van der Waals surface area contributed by atoms with Crippen LogP contribution in [-0.2, 0) is 6.54 Å². The minimum absolute atomic E-state index is 0.526. The molecular formula is C25H24BCl2N5. The van der Waals surface area contributed by atoms with E-state index in [-0.39, 0.29) is 0 Å². The number of halogens is 2. The third kappa shape index (κ3) is 5.03. The molecule has 4 aromatic rings. The SMILES string of the molecule is [B]c1cnn2c(NCC3CCCN(Cc4cccc(Cl)c4)C3)cc(-c3ccccc3Cl)nc12. The lowest BCUT2D eigenvalue weighted by molar-refractivity contribution is 0.173. The number of anilines is 1. The van der Waals surface area contributed by atoms with Gasteiger partial charge < -0.3 is 5.32 Å². The van der Waals surface area contributed by atoms with Gasteiger partial charge in [-0.25, -0.2) is 4.98 Å². The van der Waals surface area contributed by atoms with E-state index in [1.807, 2.05) is 42.5 Å². The summed E-state index contributed by atoms with van der Waals surface area (Å²) in [6.45, 7) is 3.90. The Kier molecular flexibility index (Phi) is 6.58. The number of hydrogen-bond donors (Lipinski definition) is 1. The lowest BCUT2D eigenvalue weighted by atomic mass is 9.97. The van der Waals surface area contributed by atoms with Crippen molar-refractivity contribution in [2.45, 2.75) is 19.4 Å². The monoisotopic (exact) mass is 475 g/mol. The Labute approximate surface area is 205 Å². The number of nitrogens with one attached hydrogen (secondary N) is 1. The predicted octanol–water partition coefficient (Wildman–Crippen LogP) is 4.82. The summed E-state index contributed by atoms with van der Waals surface area (Å²) in [6, 6.07) is 17.8. The van der Waals surface area contributed by atoms with Crippen LogP contribution in [-0.4, -0.2) is 47.0 Å².